The van der Waals surface area contributed by atoms with Crippen molar-refractivity contribution in [3.63, 3.8) is 0 Å². The van der Waals surface area contributed by atoms with Crippen molar-refractivity contribution in [2.45, 2.75) is 39.8 Å². The summed E-state index contributed by atoms with van der Waals surface area (Å²) in [5, 5.41) is 3.07. The van der Waals surface area contributed by atoms with Crippen molar-refractivity contribution in [2.24, 2.45) is 0 Å². The zero-order valence-corrected chi connectivity index (χ0v) is 15.3. The molecule has 0 spiro atoms. The minimum absolute atomic E-state index is 0.0525. The highest BCUT2D eigenvalue weighted by Gasteiger charge is 2.19. The number of thiophene rings is 1. The van der Waals surface area contributed by atoms with Gasteiger partial charge in [0.2, 0.25) is 0 Å². The van der Waals surface area contributed by atoms with Crippen LogP contribution in [0.5, 0.6) is 0 Å². The summed E-state index contributed by atoms with van der Waals surface area (Å²) in [4.78, 5) is 27.6. The molecular weight excluding hydrogens is 328 g/mol. The fourth-order valence-corrected chi connectivity index (χ4v) is 4.42. The predicted octanol–water partition coefficient (Wildman–Crippen LogP) is 3.50. The number of hydrogen-bond acceptors (Lipinski definition) is 6. The van der Waals surface area contributed by atoms with Crippen LogP contribution >= 0.6 is 22.7 Å². The van der Waals surface area contributed by atoms with Crippen LogP contribution in [0.1, 0.15) is 41.3 Å². The van der Waals surface area contributed by atoms with Gasteiger partial charge in [0.15, 0.2) is 0 Å². The number of fused-ring (bicyclic) bond motifs is 1. The first-order valence-corrected chi connectivity index (χ1v) is 9.32. The molecule has 3 heterocycles. The van der Waals surface area contributed by atoms with E-state index in [0.29, 0.717) is 17.1 Å². The second-order valence-corrected chi connectivity index (χ2v) is 7.68. The molecule has 1 atom stereocenters. The van der Waals surface area contributed by atoms with Crippen molar-refractivity contribution >= 4 is 32.9 Å². The van der Waals surface area contributed by atoms with E-state index in [2.05, 4.69) is 40.6 Å². The Morgan fingerprint density at radius 2 is 2.17 bits per heavy atom. The maximum absolute atomic E-state index is 12.1. The lowest BCUT2D eigenvalue weighted by Crippen LogP contribution is -2.24. The van der Waals surface area contributed by atoms with Gasteiger partial charge >= 0.3 is 0 Å². The highest BCUT2D eigenvalue weighted by atomic mass is 32.1. The number of rotatable bonds is 5. The van der Waals surface area contributed by atoms with E-state index >= 15 is 0 Å². The molecule has 0 saturated heterocycles. The van der Waals surface area contributed by atoms with Gasteiger partial charge in [-0.25, -0.2) is 9.97 Å². The smallest absolute Gasteiger partial charge is 0.268 e. The molecule has 0 bridgehead atoms. The molecule has 3 rings (SSSR count). The lowest BCUT2D eigenvalue weighted by atomic mass is 10.2. The quantitative estimate of drug-likeness (QED) is 0.766. The lowest BCUT2D eigenvalue weighted by Gasteiger charge is -2.23. The van der Waals surface area contributed by atoms with Gasteiger partial charge in [0.25, 0.3) is 5.56 Å². The number of nitrogens with zero attached hydrogens (tertiary/aromatic N) is 3. The van der Waals surface area contributed by atoms with E-state index < -0.39 is 0 Å². The van der Waals surface area contributed by atoms with Gasteiger partial charge in [-0.1, -0.05) is 6.92 Å². The van der Waals surface area contributed by atoms with Crippen LogP contribution in [0.25, 0.3) is 10.2 Å². The van der Waals surface area contributed by atoms with Gasteiger partial charge < -0.3 is 4.98 Å². The third kappa shape index (κ3) is 3.22. The number of hydrogen-bond donors (Lipinski definition) is 1. The van der Waals surface area contributed by atoms with Crippen LogP contribution in [-0.4, -0.2) is 26.9 Å². The third-order valence-electron chi connectivity index (χ3n) is 3.98. The SMILES string of the molecule is CCc1nc(C)c([C@@H](C)N(C)Cc2nc3ccsc3c(=O)[nH]2)s1. The number of nitrogens with one attached hydrogen (secondary N) is 1. The molecule has 0 aliphatic rings. The van der Waals surface area contributed by atoms with E-state index in [1.165, 1.54) is 21.2 Å². The zero-order valence-electron chi connectivity index (χ0n) is 13.7. The van der Waals surface area contributed by atoms with Crippen LogP contribution in [0.3, 0.4) is 0 Å². The van der Waals surface area contributed by atoms with Crippen LogP contribution < -0.4 is 5.56 Å². The molecule has 0 unspecified atom stereocenters. The maximum Gasteiger partial charge on any atom is 0.268 e. The summed E-state index contributed by atoms with van der Waals surface area (Å²) in [6.45, 7) is 6.95. The average Bonchev–Trinajstić information content (AvgIpc) is 3.12. The fraction of sp³-hybridized carbons (Fsp3) is 0.438. The second-order valence-electron chi connectivity index (χ2n) is 5.65. The lowest BCUT2D eigenvalue weighted by molar-refractivity contribution is 0.249. The van der Waals surface area contributed by atoms with E-state index in [-0.39, 0.29) is 11.6 Å². The van der Waals surface area contributed by atoms with Crippen LogP contribution in [0.15, 0.2) is 16.2 Å². The predicted molar refractivity (Wildman–Crippen MR) is 96.4 cm³/mol. The van der Waals surface area contributed by atoms with Crippen LogP contribution in [0, 0.1) is 6.92 Å². The number of aromatic nitrogens is 3. The van der Waals surface area contributed by atoms with Crippen molar-refractivity contribution in [2.75, 3.05) is 7.05 Å². The minimum Gasteiger partial charge on any atom is -0.308 e. The summed E-state index contributed by atoms with van der Waals surface area (Å²) in [5.74, 6) is 0.702. The summed E-state index contributed by atoms with van der Waals surface area (Å²) in [7, 11) is 2.05. The zero-order chi connectivity index (χ0) is 16.6. The summed E-state index contributed by atoms with van der Waals surface area (Å²) >= 11 is 3.20. The molecule has 0 saturated carbocycles. The second kappa shape index (κ2) is 6.51. The number of thiazole rings is 1. The molecule has 3 aromatic heterocycles. The average molecular weight is 348 g/mol. The normalized spacial score (nSPS) is 13.1. The number of aromatic amines is 1. The molecule has 1 N–H and O–H groups in total. The largest absolute Gasteiger partial charge is 0.308 e. The molecule has 7 heteroatoms. The Labute approximate surface area is 143 Å². The van der Waals surface area contributed by atoms with Crippen molar-refractivity contribution in [3.8, 4) is 0 Å². The van der Waals surface area contributed by atoms with Crippen molar-refractivity contribution in [3.05, 3.63) is 43.2 Å². The van der Waals surface area contributed by atoms with Gasteiger partial charge in [0, 0.05) is 10.9 Å². The van der Waals surface area contributed by atoms with E-state index in [9.17, 15) is 4.79 Å². The molecule has 0 fully saturated rings. The maximum atomic E-state index is 12.1. The Balaban J connectivity index is 1.82. The van der Waals surface area contributed by atoms with Crippen molar-refractivity contribution in [1.82, 2.24) is 19.9 Å². The molecule has 3 aromatic rings. The minimum atomic E-state index is -0.0525. The Morgan fingerprint density at radius 3 is 2.87 bits per heavy atom. The first kappa shape index (κ1) is 16.3. The molecule has 5 nitrogen and oxygen atoms in total. The highest BCUT2D eigenvalue weighted by molar-refractivity contribution is 7.17. The fourth-order valence-electron chi connectivity index (χ4n) is 2.57. The van der Waals surface area contributed by atoms with Crippen molar-refractivity contribution < 1.29 is 0 Å². The summed E-state index contributed by atoms with van der Waals surface area (Å²) in [6, 6.07) is 2.12. The molecular formula is C16H20N4OS2. The number of H-pyrrole nitrogens is 1. The van der Waals surface area contributed by atoms with Gasteiger partial charge in [-0.15, -0.1) is 22.7 Å². The van der Waals surface area contributed by atoms with E-state index in [1.807, 2.05) is 18.5 Å². The van der Waals surface area contributed by atoms with Gasteiger partial charge in [0.05, 0.1) is 22.8 Å². The molecule has 0 radical (unpaired) electrons. The molecule has 122 valence electrons. The third-order valence-corrected chi connectivity index (χ3v) is 6.36. The topological polar surface area (TPSA) is 61.9 Å². The van der Waals surface area contributed by atoms with Crippen LogP contribution in [-0.2, 0) is 13.0 Å². The summed E-state index contributed by atoms with van der Waals surface area (Å²) < 4.78 is 0.690. The summed E-state index contributed by atoms with van der Waals surface area (Å²) in [5.41, 5.74) is 1.82. The first-order chi connectivity index (χ1) is 11.0. The van der Waals surface area contributed by atoms with Gasteiger partial charge in [-0.2, -0.15) is 0 Å². The van der Waals surface area contributed by atoms with Gasteiger partial charge in [-0.05, 0) is 38.8 Å². The monoisotopic (exact) mass is 348 g/mol. The van der Waals surface area contributed by atoms with E-state index in [0.717, 1.165) is 17.6 Å². The summed E-state index contributed by atoms with van der Waals surface area (Å²) in [6.07, 6.45) is 0.964. The molecule has 0 amide bonds. The van der Waals surface area contributed by atoms with Gasteiger partial charge in [-0.3, -0.25) is 9.69 Å². The first-order valence-electron chi connectivity index (χ1n) is 7.62. The van der Waals surface area contributed by atoms with E-state index in [1.54, 1.807) is 11.3 Å². The molecule has 23 heavy (non-hydrogen) atoms. The van der Waals surface area contributed by atoms with Crippen LogP contribution in [0.2, 0.25) is 0 Å². The highest BCUT2D eigenvalue weighted by Crippen LogP contribution is 2.29. The van der Waals surface area contributed by atoms with Crippen LogP contribution in [0.4, 0.5) is 0 Å². The Kier molecular flexibility index (Phi) is 4.61. The number of aryl methyl sites for hydroxylation is 2. The van der Waals surface area contributed by atoms with Gasteiger partial charge in [0.1, 0.15) is 10.5 Å². The Morgan fingerprint density at radius 1 is 1.39 bits per heavy atom. The molecule has 0 aliphatic heterocycles. The Hall–Kier alpha value is -1.57. The molecule has 0 aliphatic carbocycles. The Bertz CT molecular complexity index is 880. The standard InChI is InChI=1S/C16H20N4OS2/c1-5-13-17-9(2)14(23-13)10(3)20(4)8-12-18-11-6-7-22-15(11)16(21)19-12/h6-7,10H,5,8H2,1-4H3,(H,18,19,21)/t10-/m1/s1. The molecule has 0 aromatic carbocycles. The van der Waals surface area contributed by atoms with E-state index in [4.69, 9.17) is 0 Å². The van der Waals surface area contributed by atoms with Crippen molar-refractivity contribution in [1.29, 1.82) is 0 Å².